The molecular weight excluding hydrogens is 495 g/mol. The molecule has 12 heteroatoms. The third-order valence-corrected chi connectivity index (χ3v) is 7.49. The lowest BCUT2D eigenvalue weighted by Gasteiger charge is -2.28. The molecule has 2 aliphatic heterocycles. The standard InChI is InChI=1S/C24H22F3N5O3S/c1-14-2-4-16(11-17(14)25)24(21-28-13-29-36-21)6-7-31(12-24)22(33)30-18-10-15(20(26)27)3-5-19(18)32-8-9-35-23(32)34/h2-5,10-11,13,20H,6-9,12H2,1H3,(H,30,33)/t24-/m0/s1. The fourth-order valence-electron chi connectivity index (χ4n) is 4.62. The van der Waals surface area contributed by atoms with Crippen LogP contribution in [0.1, 0.15) is 34.5 Å². The minimum Gasteiger partial charge on any atom is -0.447 e. The summed E-state index contributed by atoms with van der Waals surface area (Å²) in [4.78, 5) is 32.6. The van der Waals surface area contributed by atoms with E-state index in [0.29, 0.717) is 29.1 Å². The molecule has 2 aliphatic rings. The predicted octanol–water partition coefficient (Wildman–Crippen LogP) is 5.10. The third kappa shape index (κ3) is 4.25. The van der Waals surface area contributed by atoms with Gasteiger partial charge in [-0.25, -0.2) is 27.7 Å². The topological polar surface area (TPSA) is 87.7 Å². The number of hydrogen-bond acceptors (Lipinski definition) is 6. The normalized spacial score (nSPS) is 19.8. The number of nitrogens with one attached hydrogen (secondary N) is 1. The zero-order valence-corrected chi connectivity index (χ0v) is 20.0. The number of ether oxygens (including phenoxy) is 1. The molecule has 5 rings (SSSR count). The molecule has 0 aliphatic carbocycles. The monoisotopic (exact) mass is 517 g/mol. The summed E-state index contributed by atoms with van der Waals surface area (Å²) in [5.41, 5.74) is 0.473. The van der Waals surface area contributed by atoms with Gasteiger partial charge in [0.2, 0.25) is 0 Å². The summed E-state index contributed by atoms with van der Waals surface area (Å²) in [7, 11) is 0. The lowest BCUT2D eigenvalue weighted by Crippen LogP contribution is -2.38. The largest absolute Gasteiger partial charge is 0.447 e. The van der Waals surface area contributed by atoms with Crippen LogP contribution >= 0.6 is 11.5 Å². The number of aryl methyl sites for hydroxylation is 1. The molecule has 36 heavy (non-hydrogen) atoms. The van der Waals surface area contributed by atoms with Gasteiger partial charge in [0, 0.05) is 18.7 Å². The highest BCUT2D eigenvalue weighted by Crippen LogP contribution is 2.42. The van der Waals surface area contributed by atoms with Crippen LogP contribution in [0.5, 0.6) is 0 Å². The number of halogens is 3. The van der Waals surface area contributed by atoms with Crippen molar-refractivity contribution in [3.63, 3.8) is 0 Å². The van der Waals surface area contributed by atoms with E-state index >= 15 is 0 Å². The number of urea groups is 1. The molecule has 2 saturated heterocycles. The Bertz CT molecular complexity index is 1310. The number of alkyl halides is 2. The van der Waals surface area contributed by atoms with Gasteiger partial charge in [-0.1, -0.05) is 18.2 Å². The second-order valence-corrected chi connectivity index (χ2v) is 9.52. The van der Waals surface area contributed by atoms with Crippen molar-refractivity contribution in [2.24, 2.45) is 0 Å². The summed E-state index contributed by atoms with van der Waals surface area (Å²) < 4.78 is 50.4. The molecule has 0 radical (unpaired) electrons. The number of rotatable bonds is 5. The van der Waals surface area contributed by atoms with Gasteiger partial charge >= 0.3 is 12.1 Å². The fourth-order valence-corrected chi connectivity index (χ4v) is 5.37. The van der Waals surface area contributed by atoms with E-state index in [4.69, 9.17) is 4.74 Å². The molecule has 0 spiro atoms. The first kappa shape index (κ1) is 24.0. The summed E-state index contributed by atoms with van der Waals surface area (Å²) in [6.07, 6.45) is -1.48. The minimum atomic E-state index is -2.76. The molecule has 3 aromatic rings. The molecule has 0 bridgehead atoms. The van der Waals surface area contributed by atoms with Crippen molar-refractivity contribution in [2.75, 3.05) is 36.5 Å². The average Bonchev–Trinajstić information content (AvgIpc) is 3.62. The molecule has 1 N–H and O–H groups in total. The number of benzene rings is 2. The van der Waals surface area contributed by atoms with Crippen molar-refractivity contribution in [2.45, 2.75) is 25.2 Å². The molecule has 1 atom stereocenters. The highest BCUT2D eigenvalue weighted by atomic mass is 32.1. The summed E-state index contributed by atoms with van der Waals surface area (Å²) in [6, 6.07) is 8.18. The molecular formula is C24H22F3N5O3S. The van der Waals surface area contributed by atoms with Crippen LogP contribution < -0.4 is 10.2 Å². The van der Waals surface area contributed by atoms with Crippen molar-refractivity contribution >= 4 is 35.0 Å². The minimum absolute atomic E-state index is 0.0754. The van der Waals surface area contributed by atoms with Crippen LogP contribution in [0.25, 0.3) is 0 Å². The Balaban J connectivity index is 1.45. The van der Waals surface area contributed by atoms with Crippen LogP contribution in [0.15, 0.2) is 42.7 Å². The van der Waals surface area contributed by atoms with E-state index in [2.05, 4.69) is 14.7 Å². The summed E-state index contributed by atoms with van der Waals surface area (Å²) in [6.45, 7) is 2.57. The van der Waals surface area contributed by atoms with Gasteiger partial charge in [-0.3, -0.25) is 4.90 Å². The molecule has 1 aromatic heterocycles. The summed E-state index contributed by atoms with van der Waals surface area (Å²) >= 11 is 1.18. The molecule has 0 unspecified atom stereocenters. The Morgan fingerprint density at radius 2 is 2.06 bits per heavy atom. The molecule has 8 nitrogen and oxygen atoms in total. The maximum Gasteiger partial charge on any atom is 0.414 e. The third-order valence-electron chi connectivity index (χ3n) is 6.62. The van der Waals surface area contributed by atoms with Crippen LogP contribution in [0.2, 0.25) is 0 Å². The van der Waals surface area contributed by atoms with E-state index in [1.54, 1.807) is 13.0 Å². The van der Waals surface area contributed by atoms with Gasteiger partial charge in [0.05, 0.1) is 23.3 Å². The maximum absolute atomic E-state index is 14.5. The zero-order valence-electron chi connectivity index (χ0n) is 19.2. The van der Waals surface area contributed by atoms with Crippen LogP contribution in [-0.4, -0.2) is 52.6 Å². The van der Waals surface area contributed by atoms with Crippen LogP contribution in [0, 0.1) is 12.7 Å². The second-order valence-electron chi connectivity index (χ2n) is 8.74. The predicted molar refractivity (Wildman–Crippen MR) is 127 cm³/mol. The first-order chi connectivity index (χ1) is 17.3. The Morgan fingerprint density at radius 1 is 1.22 bits per heavy atom. The Labute approximate surface area is 208 Å². The van der Waals surface area contributed by atoms with Crippen LogP contribution in [-0.2, 0) is 10.2 Å². The quantitative estimate of drug-likeness (QED) is 0.509. The number of nitrogens with zero attached hydrogens (tertiary/aromatic N) is 4. The van der Waals surface area contributed by atoms with Gasteiger partial charge in [0.1, 0.15) is 23.8 Å². The second kappa shape index (κ2) is 9.41. The number of aromatic nitrogens is 2. The van der Waals surface area contributed by atoms with Gasteiger partial charge in [0.25, 0.3) is 6.43 Å². The van der Waals surface area contributed by atoms with Gasteiger partial charge in [0.15, 0.2) is 0 Å². The molecule has 188 valence electrons. The van der Waals surface area contributed by atoms with Gasteiger partial charge in [-0.05, 0) is 54.2 Å². The first-order valence-corrected chi connectivity index (χ1v) is 12.0. The van der Waals surface area contributed by atoms with Crippen LogP contribution in [0.4, 0.5) is 34.1 Å². The van der Waals surface area contributed by atoms with Crippen molar-refractivity contribution in [3.05, 3.63) is 70.2 Å². The Hall–Kier alpha value is -3.67. The first-order valence-electron chi connectivity index (χ1n) is 11.2. The Morgan fingerprint density at radius 3 is 2.72 bits per heavy atom. The van der Waals surface area contributed by atoms with E-state index in [1.807, 2.05) is 6.07 Å². The smallest absolute Gasteiger partial charge is 0.414 e. The molecule has 3 amide bonds. The highest BCUT2D eigenvalue weighted by Gasteiger charge is 2.45. The number of hydrogen-bond donors (Lipinski definition) is 1. The fraction of sp³-hybridized carbons (Fsp3) is 0.333. The SMILES string of the molecule is Cc1ccc([C@]2(c3ncns3)CCN(C(=O)Nc3cc(C(F)F)ccc3N3CCOC3=O)C2)cc1F. The van der Waals surface area contributed by atoms with E-state index < -0.39 is 24.0 Å². The average molecular weight is 518 g/mol. The molecule has 2 aromatic carbocycles. The lowest BCUT2D eigenvalue weighted by atomic mass is 9.80. The van der Waals surface area contributed by atoms with Gasteiger partial charge in [-0.15, -0.1) is 0 Å². The van der Waals surface area contributed by atoms with Crippen molar-refractivity contribution in [3.8, 4) is 0 Å². The number of likely N-dealkylation sites (tertiary alicyclic amines) is 1. The van der Waals surface area contributed by atoms with Gasteiger partial charge in [-0.2, -0.15) is 4.37 Å². The van der Waals surface area contributed by atoms with Crippen molar-refractivity contribution in [1.29, 1.82) is 0 Å². The van der Waals surface area contributed by atoms with Crippen molar-refractivity contribution in [1.82, 2.24) is 14.3 Å². The number of amides is 3. The number of carbonyl (C=O) groups excluding carboxylic acids is 2. The highest BCUT2D eigenvalue weighted by molar-refractivity contribution is 7.05. The summed E-state index contributed by atoms with van der Waals surface area (Å²) in [5.74, 6) is -0.356. The number of carbonyl (C=O) groups is 2. The Kier molecular flexibility index (Phi) is 6.29. The number of cyclic esters (lactones) is 1. The summed E-state index contributed by atoms with van der Waals surface area (Å²) in [5, 5.41) is 3.35. The lowest BCUT2D eigenvalue weighted by molar-refractivity contribution is 0.151. The van der Waals surface area contributed by atoms with Gasteiger partial charge < -0.3 is 15.0 Å². The zero-order chi connectivity index (χ0) is 25.4. The number of anilines is 2. The molecule has 0 saturated carbocycles. The van der Waals surface area contributed by atoms with E-state index in [1.165, 1.54) is 45.9 Å². The van der Waals surface area contributed by atoms with E-state index in [9.17, 15) is 22.8 Å². The van der Waals surface area contributed by atoms with E-state index in [-0.39, 0.29) is 42.5 Å². The molecule has 2 fully saturated rings. The van der Waals surface area contributed by atoms with Crippen LogP contribution in [0.3, 0.4) is 0 Å². The van der Waals surface area contributed by atoms with Crippen molar-refractivity contribution < 1.29 is 27.5 Å². The van der Waals surface area contributed by atoms with E-state index in [0.717, 1.165) is 6.07 Å². The maximum atomic E-state index is 14.5. The molecule has 3 heterocycles.